The molecule has 0 bridgehead atoms. The molecular weight excluding hydrogens is 352 g/mol. The molecule has 7 nitrogen and oxygen atoms in total. The standard InChI is InChI=1S/C20H20O7/c1-24-15-7-10(3-5-13(15)21)18-12-9-26-19(17(12)20(23)27-18)11-4-6-14(22)16(8-11)25-2/h3-8,12,17-19,21-22H,9H2,1-2H3/t12-,17-,18-,19-/m1/s1. The van der Waals surface area contributed by atoms with Crippen molar-refractivity contribution in [2.45, 2.75) is 12.2 Å². The molecule has 2 fully saturated rings. The van der Waals surface area contributed by atoms with Crippen LogP contribution in [0.3, 0.4) is 0 Å². The second-order valence-electron chi connectivity index (χ2n) is 6.66. The molecule has 2 saturated heterocycles. The molecule has 7 heteroatoms. The lowest BCUT2D eigenvalue weighted by molar-refractivity contribution is -0.148. The molecule has 0 saturated carbocycles. The topological polar surface area (TPSA) is 94.5 Å². The highest BCUT2D eigenvalue weighted by atomic mass is 16.6. The number of carbonyl (C=O) groups excluding carboxylic acids is 1. The minimum absolute atomic E-state index is 0.0267. The van der Waals surface area contributed by atoms with E-state index in [1.54, 1.807) is 24.3 Å². The van der Waals surface area contributed by atoms with Gasteiger partial charge in [0, 0.05) is 5.92 Å². The highest BCUT2D eigenvalue weighted by Gasteiger charge is 2.54. The Bertz CT molecular complexity index is 827. The first-order chi connectivity index (χ1) is 13.0. The van der Waals surface area contributed by atoms with E-state index in [0.717, 1.165) is 11.1 Å². The summed E-state index contributed by atoms with van der Waals surface area (Å²) in [5.41, 5.74) is 1.50. The first kappa shape index (κ1) is 17.5. The quantitative estimate of drug-likeness (QED) is 0.797. The highest BCUT2D eigenvalue weighted by Crippen LogP contribution is 2.52. The minimum Gasteiger partial charge on any atom is -0.504 e. The van der Waals surface area contributed by atoms with Gasteiger partial charge in [-0.1, -0.05) is 12.1 Å². The van der Waals surface area contributed by atoms with Gasteiger partial charge in [0.2, 0.25) is 0 Å². The smallest absolute Gasteiger partial charge is 0.313 e. The van der Waals surface area contributed by atoms with Crippen molar-refractivity contribution in [3.63, 3.8) is 0 Å². The maximum absolute atomic E-state index is 12.6. The first-order valence-electron chi connectivity index (χ1n) is 8.59. The molecule has 4 atom stereocenters. The van der Waals surface area contributed by atoms with Crippen molar-refractivity contribution in [1.29, 1.82) is 0 Å². The van der Waals surface area contributed by atoms with Crippen LogP contribution in [0.1, 0.15) is 23.3 Å². The molecule has 4 rings (SSSR count). The zero-order valence-electron chi connectivity index (χ0n) is 14.9. The maximum atomic E-state index is 12.6. The van der Waals surface area contributed by atoms with Gasteiger partial charge < -0.3 is 29.2 Å². The molecule has 0 aliphatic carbocycles. The van der Waals surface area contributed by atoms with Crippen molar-refractivity contribution in [2.75, 3.05) is 20.8 Å². The van der Waals surface area contributed by atoms with Gasteiger partial charge in [-0.2, -0.15) is 0 Å². The molecule has 0 aromatic heterocycles. The predicted molar refractivity (Wildman–Crippen MR) is 93.8 cm³/mol. The summed E-state index contributed by atoms with van der Waals surface area (Å²) in [6.45, 7) is 0.359. The van der Waals surface area contributed by atoms with Crippen LogP contribution in [0.2, 0.25) is 0 Å². The van der Waals surface area contributed by atoms with Gasteiger partial charge >= 0.3 is 5.97 Å². The molecular formula is C20H20O7. The zero-order valence-corrected chi connectivity index (χ0v) is 14.9. The molecule has 0 unspecified atom stereocenters. The SMILES string of the molecule is COc1cc([C@H]2OC(=O)[C@@H]3[C@H]2CO[C@@H]3c2ccc(O)c(OC)c2)ccc1O. The van der Waals surface area contributed by atoms with E-state index in [0.29, 0.717) is 18.1 Å². The zero-order chi connectivity index (χ0) is 19.1. The number of cyclic esters (lactones) is 1. The van der Waals surface area contributed by atoms with Crippen molar-refractivity contribution in [3.8, 4) is 23.0 Å². The second-order valence-corrected chi connectivity index (χ2v) is 6.66. The van der Waals surface area contributed by atoms with Gasteiger partial charge in [0.15, 0.2) is 23.0 Å². The Morgan fingerprint density at radius 1 is 0.926 bits per heavy atom. The van der Waals surface area contributed by atoms with E-state index in [1.165, 1.54) is 26.4 Å². The van der Waals surface area contributed by atoms with Crippen LogP contribution in [0.15, 0.2) is 36.4 Å². The van der Waals surface area contributed by atoms with E-state index < -0.39 is 18.1 Å². The van der Waals surface area contributed by atoms with Crippen LogP contribution >= 0.6 is 0 Å². The number of phenolic OH excluding ortho intramolecular Hbond substituents is 2. The Balaban J connectivity index is 1.64. The molecule has 2 heterocycles. The van der Waals surface area contributed by atoms with E-state index in [2.05, 4.69) is 0 Å². The summed E-state index contributed by atoms with van der Waals surface area (Å²) in [5, 5.41) is 19.6. The third-order valence-corrected chi connectivity index (χ3v) is 5.22. The molecule has 2 aromatic rings. The van der Waals surface area contributed by atoms with E-state index in [-0.39, 0.29) is 23.4 Å². The second kappa shape index (κ2) is 6.66. The summed E-state index contributed by atoms with van der Waals surface area (Å²) in [6, 6.07) is 9.82. The Morgan fingerprint density at radius 2 is 1.48 bits per heavy atom. The van der Waals surface area contributed by atoms with E-state index in [4.69, 9.17) is 18.9 Å². The van der Waals surface area contributed by atoms with Gasteiger partial charge in [-0.05, 0) is 35.4 Å². The van der Waals surface area contributed by atoms with Crippen molar-refractivity contribution in [3.05, 3.63) is 47.5 Å². The van der Waals surface area contributed by atoms with Gasteiger partial charge in [0.1, 0.15) is 6.10 Å². The number of carbonyl (C=O) groups is 1. The minimum atomic E-state index is -0.471. The lowest BCUT2D eigenvalue weighted by atomic mass is 9.84. The molecule has 142 valence electrons. The third kappa shape index (κ3) is 2.84. The number of esters is 1. The van der Waals surface area contributed by atoms with E-state index >= 15 is 0 Å². The van der Waals surface area contributed by atoms with Gasteiger partial charge in [0.25, 0.3) is 0 Å². The Hall–Kier alpha value is -2.93. The van der Waals surface area contributed by atoms with Gasteiger partial charge in [0.05, 0.1) is 32.8 Å². The highest BCUT2D eigenvalue weighted by molar-refractivity contribution is 5.77. The molecule has 0 radical (unpaired) electrons. The van der Waals surface area contributed by atoms with Crippen LogP contribution < -0.4 is 9.47 Å². The monoisotopic (exact) mass is 372 g/mol. The summed E-state index contributed by atoms with van der Waals surface area (Å²) in [6.07, 6.45) is -0.943. The summed E-state index contributed by atoms with van der Waals surface area (Å²) >= 11 is 0. The fourth-order valence-electron chi connectivity index (χ4n) is 3.87. The van der Waals surface area contributed by atoms with Gasteiger partial charge in [-0.25, -0.2) is 0 Å². The summed E-state index contributed by atoms with van der Waals surface area (Å²) in [5.74, 6) is -0.235. The number of ether oxygens (including phenoxy) is 4. The van der Waals surface area contributed by atoms with Gasteiger partial charge in [-0.3, -0.25) is 4.79 Å². The number of benzene rings is 2. The number of fused-ring (bicyclic) bond motifs is 1. The van der Waals surface area contributed by atoms with Crippen LogP contribution in [0.5, 0.6) is 23.0 Å². The average molecular weight is 372 g/mol. The maximum Gasteiger partial charge on any atom is 0.313 e. The largest absolute Gasteiger partial charge is 0.504 e. The van der Waals surface area contributed by atoms with E-state index in [1.807, 2.05) is 0 Å². The summed E-state index contributed by atoms with van der Waals surface area (Å²) in [7, 11) is 2.93. The molecule has 2 N–H and O–H groups in total. The molecule has 2 aliphatic heterocycles. The Morgan fingerprint density at radius 3 is 2.04 bits per heavy atom. The molecule has 27 heavy (non-hydrogen) atoms. The van der Waals surface area contributed by atoms with Crippen molar-refractivity contribution < 1.29 is 34.0 Å². The summed E-state index contributed by atoms with van der Waals surface area (Å²) < 4.78 is 21.9. The van der Waals surface area contributed by atoms with Crippen LogP contribution in [0, 0.1) is 11.8 Å². The molecule has 2 aliphatic rings. The van der Waals surface area contributed by atoms with Gasteiger partial charge in [-0.15, -0.1) is 0 Å². The fraction of sp³-hybridized carbons (Fsp3) is 0.350. The Kier molecular flexibility index (Phi) is 4.31. The van der Waals surface area contributed by atoms with Crippen molar-refractivity contribution in [1.82, 2.24) is 0 Å². The first-order valence-corrected chi connectivity index (χ1v) is 8.59. The van der Waals surface area contributed by atoms with Crippen LogP contribution in [0.4, 0.5) is 0 Å². The molecule has 0 amide bonds. The number of hydrogen-bond acceptors (Lipinski definition) is 7. The van der Waals surface area contributed by atoms with Crippen LogP contribution in [0.25, 0.3) is 0 Å². The lowest BCUT2D eigenvalue weighted by Crippen LogP contribution is -2.17. The van der Waals surface area contributed by atoms with Crippen molar-refractivity contribution >= 4 is 5.97 Å². The van der Waals surface area contributed by atoms with Crippen LogP contribution in [-0.2, 0) is 14.3 Å². The number of methoxy groups -OCH3 is 2. The normalized spacial score (nSPS) is 26.5. The number of phenols is 2. The third-order valence-electron chi connectivity index (χ3n) is 5.22. The molecule has 0 spiro atoms. The predicted octanol–water partition coefficient (Wildman–Crippen LogP) is 2.72. The lowest BCUT2D eigenvalue weighted by Gasteiger charge is -2.16. The molecule has 2 aromatic carbocycles. The Labute approximate surface area is 156 Å². The number of hydrogen-bond donors (Lipinski definition) is 2. The number of aromatic hydroxyl groups is 2. The fourth-order valence-corrected chi connectivity index (χ4v) is 3.87. The van der Waals surface area contributed by atoms with Crippen LogP contribution in [-0.4, -0.2) is 37.0 Å². The summed E-state index contributed by atoms with van der Waals surface area (Å²) in [4.78, 5) is 12.6. The van der Waals surface area contributed by atoms with Crippen molar-refractivity contribution in [2.24, 2.45) is 11.8 Å². The average Bonchev–Trinajstić information content (AvgIpc) is 3.24. The number of rotatable bonds is 4. The van der Waals surface area contributed by atoms with E-state index in [9.17, 15) is 15.0 Å².